The molecule has 3 rings (SSSR count). The summed E-state index contributed by atoms with van der Waals surface area (Å²) in [5.74, 6) is -0.190. The van der Waals surface area contributed by atoms with Crippen molar-refractivity contribution in [1.82, 2.24) is 16.0 Å². The van der Waals surface area contributed by atoms with Gasteiger partial charge in [0.25, 0.3) is 0 Å². The van der Waals surface area contributed by atoms with E-state index < -0.39 is 18.1 Å². The maximum Gasteiger partial charge on any atom is 0.243 e. The van der Waals surface area contributed by atoms with E-state index in [4.69, 9.17) is 0 Å². The molecule has 0 aromatic heterocycles. The van der Waals surface area contributed by atoms with Crippen molar-refractivity contribution < 1.29 is 14.4 Å². The minimum atomic E-state index is -0.795. The number of hydrogen-bond acceptors (Lipinski definition) is 4. The van der Waals surface area contributed by atoms with Crippen LogP contribution in [0.15, 0.2) is 60.7 Å². The molecule has 0 unspecified atom stereocenters. The van der Waals surface area contributed by atoms with Gasteiger partial charge in [-0.1, -0.05) is 95.3 Å². The zero-order chi connectivity index (χ0) is 27.0. The number of benzene rings is 2. The Morgan fingerprint density at radius 3 is 1.65 bits per heavy atom. The van der Waals surface area contributed by atoms with E-state index in [0.717, 1.165) is 24.0 Å². The molecule has 2 amide bonds. The standard InChI is InChI=1S/C31H43N3O3/c1-21(2)18-25(28(35)31(5)16-17-31)33-30(37)27(20-24-14-10-7-11-15-24)34-29(36)26(32-22(3)4)19-23-12-8-6-9-13-23/h6-15,21-22,25-27,32H,16-20H2,1-5H3,(H,33,37)(H,34,36)/t25-,26-,27-/m0/s1. The maximum atomic E-state index is 13.6. The number of nitrogens with one attached hydrogen (secondary N) is 3. The van der Waals surface area contributed by atoms with Crippen LogP contribution in [-0.2, 0) is 27.2 Å². The van der Waals surface area contributed by atoms with Crippen molar-refractivity contribution in [3.8, 4) is 0 Å². The van der Waals surface area contributed by atoms with Gasteiger partial charge >= 0.3 is 0 Å². The van der Waals surface area contributed by atoms with E-state index in [-0.39, 0.29) is 35.0 Å². The van der Waals surface area contributed by atoms with Gasteiger partial charge in [0, 0.05) is 17.9 Å². The molecule has 6 heteroatoms. The summed E-state index contributed by atoms with van der Waals surface area (Å²) >= 11 is 0. The van der Waals surface area contributed by atoms with Gasteiger partial charge in [-0.15, -0.1) is 0 Å². The van der Waals surface area contributed by atoms with Crippen LogP contribution < -0.4 is 16.0 Å². The molecule has 2 aromatic carbocycles. The second-order valence-corrected chi connectivity index (χ2v) is 11.4. The second kappa shape index (κ2) is 13.0. The number of carbonyl (C=O) groups is 3. The van der Waals surface area contributed by atoms with Crippen molar-refractivity contribution in [2.75, 3.05) is 0 Å². The van der Waals surface area contributed by atoms with Crippen LogP contribution in [0.4, 0.5) is 0 Å². The summed E-state index contributed by atoms with van der Waals surface area (Å²) < 4.78 is 0. The largest absolute Gasteiger partial charge is 0.344 e. The monoisotopic (exact) mass is 505 g/mol. The van der Waals surface area contributed by atoms with Crippen molar-refractivity contribution in [3.63, 3.8) is 0 Å². The molecule has 1 aliphatic carbocycles. The van der Waals surface area contributed by atoms with E-state index in [1.165, 1.54) is 0 Å². The van der Waals surface area contributed by atoms with E-state index in [2.05, 4.69) is 29.8 Å². The predicted octanol–water partition coefficient (Wildman–Crippen LogP) is 4.22. The first kappa shape index (κ1) is 28.6. The smallest absolute Gasteiger partial charge is 0.243 e. The van der Waals surface area contributed by atoms with Crippen LogP contribution in [0.2, 0.25) is 0 Å². The lowest BCUT2D eigenvalue weighted by Crippen LogP contribution is -2.57. The normalized spacial score (nSPS) is 16.6. The highest BCUT2D eigenvalue weighted by Crippen LogP contribution is 2.47. The highest BCUT2D eigenvalue weighted by molar-refractivity contribution is 5.96. The highest BCUT2D eigenvalue weighted by Gasteiger charge is 2.48. The summed E-state index contributed by atoms with van der Waals surface area (Å²) in [5.41, 5.74) is 1.65. The molecule has 2 aromatic rings. The number of carbonyl (C=O) groups excluding carboxylic acids is 3. The summed E-state index contributed by atoms with van der Waals surface area (Å²) in [7, 11) is 0. The Hall–Kier alpha value is -2.99. The predicted molar refractivity (Wildman–Crippen MR) is 148 cm³/mol. The van der Waals surface area contributed by atoms with Gasteiger partial charge in [0.1, 0.15) is 6.04 Å². The van der Waals surface area contributed by atoms with Gasteiger partial charge in [-0.25, -0.2) is 0 Å². The SMILES string of the molecule is CC(C)C[C@H](NC(=O)[C@H](Cc1ccccc1)NC(=O)[C@H](Cc1ccccc1)NC(C)C)C(=O)C1(C)CC1. The van der Waals surface area contributed by atoms with Gasteiger partial charge in [0.2, 0.25) is 11.8 Å². The third kappa shape index (κ3) is 8.81. The molecule has 37 heavy (non-hydrogen) atoms. The summed E-state index contributed by atoms with van der Waals surface area (Å²) in [6.45, 7) is 10.1. The quantitative estimate of drug-likeness (QED) is 0.359. The van der Waals surface area contributed by atoms with Gasteiger partial charge in [0.15, 0.2) is 5.78 Å². The van der Waals surface area contributed by atoms with Crippen molar-refractivity contribution >= 4 is 17.6 Å². The fraction of sp³-hybridized carbons (Fsp3) is 0.516. The molecule has 3 atom stereocenters. The highest BCUT2D eigenvalue weighted by atomic mass is 16.2. The number of rotatable bonds is 14. The fourth-order valence-corrected chi connectivity index (χ4v) is 4.64. The number of ketones is 1. The lowest BCUT2D eigenvalue weighted by atomic mass is 9.91. The summed E-state index contributed by atoms with van der Waals surface area (Å²) in [5, 5.41) is 9.40. The van der Waals surface area contributed by atoms with Crippen LogP contribution in [0, 0.1) is 11.3 Å². The Morgan fingerprint density at radius 2 is 1.19 bits per heavy atom. The molecule has 3 N–H and O–H groups in total. The lowest BCUT2D eigenvalue weighted by molar-refractivity contribution is -0.133. The molecular weight excluding hydrogens is 462 g/mol. The zero-order valence-electron chi connectivity index (χ0n) is 22.9. The second-order valence-electron chi connectivity index (χ2n) is 11.4. The molecule has 0 spiro atoms. The molecule has 0 saturated heterocycles. The van der Waals surface area contributed by atoms with Crippen LogP contribution in [-0.4, -0.2) is 41.8 Å². The van der Waals surface area contributed by atoms with E-state index >= 15 is 0 Å². The van der Waals surface area contributed by atoms with Gasteiger partial charge in [0.05, 0.1) is 12.1 Å². The van der Waals surface area contributed by atoms with Crippen LogP contribution >= 0.6 is 0 Å². The molecule has 0 heterocycles. The zero-order valence-corrected chi connectivity index (χ0v) is 22.9. The Kier molecular flexibility index (Phi) is 10.0. The first-order valence-electron chi connectivity index (χ1n) is 13.6. The summed E-state index contributed by atoms with van der Waals surface area (Å²) in [6, 6.07) is 17.8. The topological polar surface area (TPSA) is 87.3 Å². The fourth-order valence-electron chi connectivity index (χ4n) is 4.64. The van der Waals surface area contributed by atoms with Gasteiger partial charge in [-0.05, 0) is 42.7 Å². The van der Waals surface area contributed by atoms with Crippen molar-refractivity contribution in [1.29, 1.82) is 0 Å². The Morgan fingerprint density at radius 1 is 0.730 bits per heavy atom. The molecular formula is C31H43N3O3. The lowest BCUT2D eigenvalue weighted by Gasteiger charge is -2.28. The molecule has 0 bridgehead atoms. The number of Topliss-reactive ketones (excluding diaryl/α,β-unsaturated/α-hetero) is 1. The summed E-state index contributed by atoms with van der Waals surface area (Å²) in [6.07, 6.45) is 3.16. The van der Waals surface area contributed by atoms with Crippen molar-refractivity contribution in [2.45, 2.75) is 90.9 Å². The minimum Gasteiger partial charge on any atom is -0.344 e. The average Bonchev–Trinajstić information content (AvgIpc) is 3.61. The van der Waals surface area contributed by atoms with Gasteiger partial charge in [-0.2, -0.15) is 0 Å². The molecule has 1 aliphatic rings. The molecule has 0 radical (unpaired) electrons. The minimum absolute atomic E-state index is 0.0909. The number of amides is 2. The molecule has 1 saturated carbocycles. The van der Waals surface area contributed by atoms with Crippen LogP contribution in [0.25, 0.3) is 0 Å². The molecule has 200 valence electrons. The first-order valence-corrected chi connectivity index (χ1v) is 13.6. The van der Waals surface area contributed by atoms with E-state index in [9.17, 15) is 14.4 Å². The third-order valence-corrected chi connectivity index (χ3v) is 6.98. The maximum absolute atomic E-state index is 13.6. The Bertz CT molecular complexity index is 1030. The first-order chi connectivity index (χ1) is 17.6. The van der Waals surface area contributed by atoms with E-state index in [1.54, 1.807) is 0 Å². The van der Waals surface area contributed by atoms with Crippen molar-refractivity contribution in [3.05, 3.63) is 71.8 Å². The average molecular weight is 506 g/mol. The van der Waals surface area contributed by atoms with Crippen LogP contribution in [0.5, 0.6) is 0 Å². The Balaban J connectivity index is 1.80. The van der Waals surface area contributed by atoms with Crippen LogP contribution in [0.1, 0.15) is 65.0 Å². The third-order valence-electron chi connectivity index (χ3n) is 6.98. The molecule has 6 nitrogen and oxygen atoms in total. The van der Waals surface area contributed by atoms with E-state index in [1.807, 2.05) is 81.4 Å². The van der Waals surface area contributed by atoms with Gasteiger partial charge in [-0.3, -0.25) is 14.4 Å². The summed E-state index contributed by atoms with van der Waals surface area (Å²) in [4.78, 5) is 40.4. The van der Waals surface area contributed by atoms with E-state index in [0.29, 0.717) is 19.3 Å². The Labute approximate surface area is 222 Å². The van der Waals surface area contributed by atoms with Gasteiger partial charge < -0.3 is 16.0 Å². The molecule has 0 aliphatic heterocycles. The number of hydrogen-bond donors (Lipinski definition) is 3. The van der Waals surface area contributed by atoms with Crippen LogP contribution in [0.3, 0.4) is 0 Å². The van der Waals surface area contributed by atoms with Crippen molar-refractivity contribution in [2.24, 2.45) is 11.3 Å². The molecule has 1 fully saturated rings.